The van der Waals surface area contributed by atoms with Crippen molar-refractivity contribution in [1.29, 1.82) is 0 Å². The Morgan fingerprint density at radius 2 is 1.92 bits per heavy atom. The van der Waals surface area contributed by atoms with Crippen molar-refractivity contribution in [3.05, 3.63) is 53.9 Å². The monoisotopic (exact) mass is 355 g/mol. The Labute approximate surface area is 155 Å². The summed E-state index contributed by atoms with van der Waals surface area (Å²) in [4.78, 5) is 15.1. The highest BCUT2D eigenvalue weighted by Gasteiger charge is 2.29. The number of aliphatic hydroxyl groups excluding tert-OH is 1. The second kappa shape index (κ2) is 8.49. The number of aromatic nitrogens is 2. The molecule has 1 N–H and O–H groups in total. The van der Waals surface area contributed by atoms with Crippen LogP contribution < -0.4 is 0 Å². The lowest BCUT2D eigenvalue weighted by molar-refractivity contribution is 0.0454. The van der Waals surface area contributed by atoms with Gasteiger partial charge in [0, 0.05) is 18.3 Å². The standard InChI is InChI=1S/C21H29N3O2/c1-16(2)24-14-18(13-22-24)21(26)23(19-11-7-4-8-12-19)15-20(25)17-9-5-3-6-10-17/h3,5-6,9-10,13-14,16,19-20,25H,4,7-8,11-12,15H2,1-2H3/t20-/m1/s1. The van der Waals surface area contributed by atoms with E-state index in [2.05, 4.69) is 5.10 Å². The third-order valence-electron chi connectivity index (χ3n) is 5.21. The van der Waals surface area contributed by atoms with Gasteiger partial charge in [0.25, 0.3) is 5.91 Å². The summed E-state index contributed by atoms with van der Waals surface area (Å²) in [6, 6.07) is 9.98. The molecule has 1 heterocycles. The first-order valence-electron chi connectivity index (χ1n) is 9.64. The van der Waals surface area contributed by atoms with Crippen LogP contribution in [0.1, 0.15) is 74.0 Å². The van der Waals surface area contributed by atoms with Crippen molar-refractivity contribution in [2.45, 2.75) is 64.1 Å². The van der Waals surface area contributed by atoms with Crippen LogP contribution in [0.25, 0.3) is 0 Å². The van der Waals surface area contributed by atoms with E-state index in [1.54, 1.807) is 10.9 Å². The maximum atomic E-state index is 13.2. The molecule has 0 saturated heterocycles. The minimum absolute atomic E-state index is 0.0289. The second-order valence-electron chi connectivity index (χ2n) is 7.48. The third kappa shape index (κ3) is 4.33. The van der Waals surface area contributed by atoms with Crippen molar-refractivity contribution in [3.8, 4) is 0 Å². The molecule has 0 bridgehead atoms. The molecule has 0 spiro atoms. The SMILES string of the molecule is CC(C)n1cc(C(=O)N(C[C@@H](O)c2ccccc2)C2CCCCC2)cn1. The van der Waals surface area contributed by atoms with Crippen molar-refractivity contribution in [3.63, 3.8) is 0 Å². The zero-order valence-electron chi connectivity index (χ0n) is 15.7. The van der Waals surface area contributed by atoms with Crippen LogP contribution in [-0.2, 0) is 0 Å². The van der Waals surface area contributed by atoms with Gasteiger partial charge in [-0.15, -0.1) is 0 Å². The van der Waals surface area contributed by atoms with Gasteiger partial charge >= 0.3 is 0 Å². The Hall–Kier alpha value is -2.14. The molecule has 1 aromatic heterocycles. The van der Waals surface area contributed by atoms with Crippen LogP contribution in [0.15, 0.2) is 42.7 Å². The molecule has 0 radical (unpaired) electrons. The highest BCUT2D eigenvalue weighted by Crippen LogP contribution is 2.26. The van der Waals surface area contributed by atoms with Gasteiger partial charge in [0.15, 0.2) is 0 Å². The van der Waals surface area contributed by atoms with Crippen LogP contribution >= 0.6 is 0 Å². The Morgan fingerprint density at radius 3 is 2.54 bits per heavy atom. The maximum absolute atomic E-state index is 13.2. The van der Waals surface area contributed by atoms with E-state index in [0.717, 1.165) is 31.2 Å². The molecule has 1 fully saturated rings. The van der Waals surface area contributed by atoms with Gasteiger partial charge < -0.3 is 10.0 Å². The first kappa shape index (κ1) is 18.6. The first-order valence-corrected chi connectivity index (χ1v) is 9.64. The van der Waals surface area contributed by atoms with Crippen molar-refractivity contribution >= 4 is 5.91 Å². The summed E-state index contributed by atoms with van der Waals surface area (Å²) in [5.74, 6) is -0.0289. The number of benzene rings is 1. The number of aliphatic hydroxyl groups is 1. The van der Waals surface area contributed by atoms with Crippen molar-refractivity contribution < 1.29 is 9.90 Å². The van der Waals surface area contributed by atoms with Crippen LogP contribution in [0.5, 0.6) is 0 Å². The van der Waals surface area contributed by atoms with E-state index in [1.807, 2.05) is 55.3 Å². The molecule has 1 amide bonds. The molecule has 3 rings (SSSR count). The molecular formula is C21H29N3O2. The van der Waals surface area contributed by atoms with Crippen molar-refractivity contribution in [1.82, 2.24) is 14.7 Å². The average molecular weight is 355 g/mol. The number of carbonyl (C=O) groups excluding carboxylic acids is 1. The molecule has 0 unspecified atom stereocenters. The van der Waals surface area contributed by atoms with Crippen LogP contribution in [0.3, 0.4) is 0 Å². The lowest BCUT2D eigenvalue weighted by Gasteiger charge is -2.35. The van der Waals surface area contributed by atoms with Gasteiger partial charge in [-0.2, -0.15) is 5.10 Å². The molecule has 0 aliphatic heterocycles. The van der Waals surface area contributed by atoms with Gasteiger partial charge in [0.05, 0.1) is 24.4 Å². The Morgan fingerprint density at radius 1 is 1.23 bits per heavy atom. The van der Waals surface area contributed by atoms with Crippen LogP contribution in [0.2, 0.25) is 0 Å². The van der Waals surface area contributed by atoms with E-state index in [4.69, 9.17) is 0 Å². The fourth-order valence-corrected chi connectivity index (χ4v) is 3.65. The smallest absolute Gasteiger partial charge is 0.257 e. The quantitative estimate of drug-likeness (QED) is 0.853. The summed E-state index contributed by atoms with van der Waals surface area (Å²) in [7, 11) is 0. The maximum Gasteiger partial charge on any atom is 0.257 e. The Balaban J connectivity index is 1.81. The Kier molecular flexibility index (Phi) is 6.09. The highest BCUT2D eigenvalue weighted by molar-refractivity contribution is 5.94. The van der Waals surface area contributed by atoms with Crippen molar-refractivity contribution in [2.24, 2.45) is 0 Å². The van der Waals surface area contributed by atoms with Gasteiger partial charge in [-0.25, -0.2) is 0 Å². The van der Waals surface area contributed by atoms with E-state index in [1.165, 1.54) is 6.42 Å². The lowest BCUT2D eigenvalue weighted by Crippen LogP contribution is -2.43. The molecule has 5 heteroatoms. The molecule has 26 heavy (non-hydrogen) atoms. The number of hydrogen-bond donors (Lipinski definition) is 1. The average Bonchev–Trinajstić information content (AvgIpc) is 3.17. The summed E-state index contributed by atoms with van der Waals surface area (Å²) < 4.78 is 1.81. The minimum Gasteiger partial charge on any atom is -0.387 e. The zero-order chi connectivity index (χ0) is 18.5. The fourth-order valence-electron chi connectivity index (χ4n) is 3.65. The third-order valence-corrected chi connectivity index (χ3v) is 5.21. The summed E-state index contributed by atoms with van der Waals surface area (Å²) in [5.41, 5.74) is 1.45. The van der Waals surface area contributed by atoms with Crippen molar-refractivity contribution in [2.75, 3.05) is 6.54 Å². The predicted molar refractivity (Wildman–Crippen MR) is 102 cm³/mol. The minimum atomic E-state index is -0.678. The zero-order valence-corrected chi connectivity index (χ0v) is 15.7. The summed E-state index contributed by atoms with van der Waals surface area (Å²) in [6.07, 6.45) is 8.30. The molecule has 1 saturated carbocycles. The van der Waals surface area contributed by atoms with E-state index < -0.39 is 6.10 Å². The van der Waals surface area contributed by atoms with E-state index in [0.29, 0.717) is 12.1 Å². The van der Waals surface area contributed by atoms with Gasteiger partial charge in [-0.3, -0.25) is 9.48 Å². The van der Waals surface area contributed by atoms with Crippen LogP contribution in [0, 0.1) is 0 Å². The number of carbonyl (C=O) groups is 1. The highest BCUT2D eigenvalue weighted by atomic mass is 16.3. The largest absolute Gasteiger partial charge is 0.387 e. The van der Waals surface area contributed by atoms with Gasteiger partial charge in [-0.1, -0.05) is 49.6 Å². The fraction of sp³-hybridized carbons (Fsp3) is 0.524. The molecule has 2 aromatic rings. The molecule has 140 valence electrons. The van der Waals surface area contributed by atoms with Gasteiger partial charge in [0.1, 0.15) is 0 Å². The molecule has 1 aliphatic rings. The van der Waals surface area contributed by atoms with Crippen LogP contribution in [-0.4, -0.2) is 38.3 Å². The van der Waals surface area contributed by atoms with Gasteiger partial charge in [-0.05, 0) is 32.3 Å². The van der Waals surface area contributed by atoms with Crippen LogP contribution in [0.4, 0.5) is 0 Å². The molecule has 1 atom stereocenters. The molecular weight excluding hydrogens is 326 g/mol. The summed E-state index contributed by atoms with van der Waals surface area (Å²) in [5, 5.41) is 15.0. The predicted octanol–water partition coefficient (Wildman–Crippen LogP) is 3.97. The number of amides is 1. The Bertz CT molecular complexity index is 705. The van der Waals surface area contributed by atoms with Gasteiger partial charge in [0.2, 0.25) is 0 Å². The number of hydrogen-bond acceptors (Lipinski definition) is 3. The molecule has 1 aromatic carbocycles. The lowest BCUT2D eigenvalue weighted by atomic mass is 9.93. The summed E-state index contributed by atoms with van der Waals surface area (Å²) in [6.45, 7) is 4.40. The number of nitrogens with zero attached hydrogens (tertiary/aromatic N) is 3. The topological polar surface area (TPSA) is 58.4 Å². The van der Waals surface area contributed by atoms with E-state index in [-0.39, 0.29) is 18.0 Å². The summed E-state index contributed by atoms with van der Waals surface area (Å²) >= 11 is 0. The van der Waals surface area contributed by atoms with E-state index >= 15 is 0 Å². The first-order chi connectivity index (χ1) is 12.6. The molecule has 1 aliphatic carbocycles. The number of rotatable bonds is 6. The molecule has 5 nitrogen and oxygen atoms in total. The second-order valence-corrected chi connectivity index (χ2v) is 7.48. The normalized spacial score (nSPS) is 16.6. The van der Waals surface area contributed by atoms with E-state index in [9.17, 15) is 9.90 Å².